The highest BCUT2D eigenvalue weighted by molar-refractivity contribution is 8.01. The van der Waals surface area contributed by atoms with Gasteiger partial charge in [-0.1, -0.05) is 24.3 Å². The highest BCUT2D eigenvalue weighted by Crippen LogP contribution is 2.48. The van der Waals surface area contributed by atoms with Crippen molar-refractivity contribution in [1.82, 2.24) is 9.78 Å². The monoisotopic (exact) mass is 393 g/mol. The smallest absolute Gasteiger partial charge is 0.238 e. The number of benzene rings is 2. The minimum absolute atomic E-state index is 0.0217. The van der Waals surface area contributed by atoms with Gasteiger partial charge in [0, 0.05) is 5.56 Å². The standard InChI is InChI=1S/C21H19N3O3S/c1-12-18-19(14-8-9-16-17(10-14)27-11-26-16)28-13(2)21(25)22-20(18)24(23-12)15-6-4-3-5-7-15/h3-10,13,19H,11H2,1-2H3,(H,22,25)/t13-,19-/m1/s1. The first-order valence-electron chi connectivity index (χ1n) is 9.12. The maximum Gasteiger partial charge on any atom is 0.238 e. The first-order valence-corrected chi connectivity index (χ1v) is 10.1. The molecule has 28 heavy (non-hydrogen) atoms. The summed E-state index contributed by atoms with van der Waals surface area (Å²) in [5, 5.41) is 7.59. The lowest BCUT2D eigenvalue weighted by molar-refractivity contribution is -0.115. The zero-order valence-electron chi connectivity index (χ0n) is 15.5. The number of anilines is 1. The van der Waals surface area contributed by atoms with Crippen molar-refractivity contribution in [2.24, 2.45) is 0 Å². The predicted octanol–water partition coefficient (Wildman–Crippen LogP) is 4.07. The van der Waals surface area contributed by atoms with Gasteiger partial charge in [-0.3, -0.25) is 4.79 Å². The van der Waals surface area contributed by atoms with Crippen LogP contribution in [0.4, 0.5) is 5.82 Å². The molecule has 0 bridgehead atoms. The van der Waals surface area contributed by atoms with E-state index in [1.807, 2.05) is 67.1 Å². The summed E-state index contributed by atoms with van der Waals surface area (Å²) >= 11 is 1.62. The third kappa shape index (κ3) is 2.74. The van der Waals surface area contributed by atoms with Gasteiger partial charge in [0.2, 0.25) is 12.7 Å². The molecule has 5 rings (SSSR count). The number of carbonyl (C=O) groups is 1. The minimum atomic E-state index is -0.202. The third-order valence-corrected chi connectivity index (χ3v) is 6.42. The lowest BCUT2D eigenvalue weighted by Crippen LogP contribution is -2.22. The molecule has 1 N–H and O–H groups in total. The molecule has 0 unspecified atom stereocenters. The van der Waals surface area contributed by atoms with Gasteiger partial charge in [0.1, 0.15) is 5.82 Å². The second kappa shape index (κ2) is 6.60. The van der Waals surface area contributed by atoms with Crippen LogP contribution in [0.5, 0.6) is 11.5 Å². The Morgan fingerprint density at radius 1 is 1.14 bits per heavy atom. The number of rotatable bonds is 2. The Kier molecular flexibility index (Phi) is 4.05. The van der Waals surface area contributed by atoms with E-state index >= 15 is 0 Å². The number of fused-ring (bicyclic) bond motifs is 2. The number of amides is 1. The lowest BCUT2D eigenvalue weighted by Gasteiger charge is -2.17. The quantitative estimate of drug-likeness (QED) is 0.711. The number of hydrogen-bond acceptors (Lipinski definition) is 5. The fourth-order valence-corrected chi connectivity index (χ4v) is 4.92. The van der Waals surface area contributed by atoms with Crippen LogP contribution in [-0.4, -0.2) is 27.7 Å². The van der Waals surface area contributed by atoms with Gasteiger partial charge in [0.15, 0.2) is 11.5 Å². The number of carbonyl (C=O) groups excluding carboxylic acids is 1. The maximum absolute atomic E-state index is 12.7. The molecule has 0 saturated carbocycles. The number of nitrogens with one attached hydrogen (secondary N) is 1. The minimum Gasteiger partial charge on any atom is -0.454 e. The fourth-order valence-electron chi connectivity index (χ4n) is 3.60. The normalized spacial score (nSPS) is 20.4. The topological polar surface area (TPSA) is 65.4 Å². The average molecular weight is 393 g/mol. The van der Waals surface area contributed by atoms with Crippen molar-refractivity contribution >= 4 is 23.5 Å². The van der Waals surface area contributed by atoms with E-state index in [9.17, 15) is 4.79 Å². The maximum atomic E-state index is 12.7. The van der Waals surface area contributed by atoms with Crippen molar-refractivity contribution in [2.45, 2.75) is 24.3 Å². The van der Waals surface area contributed by atoms with Crippen molar-refractivity contribution in [3.8, 4) is 17.2 Å². The van der Waals surface area contributed by atoms with Crippen molar-refractivity contribution in [2.75, 3.05) is 12.1 Å². The largest absolute Gasteiger partial charge is 0.454 e. The molecule has 142 valence electrons. The summed E-state index contributed by atoms with van der Waals surface area (Å²) in [4.78, 5) is 12.7. The molecule has 1 aromatic heterocycles. The molecule has 0 saturated heterocycles. The Morgan fingerprint density at radius 2 is 1.93 bits per heavy atom. The van der Waals surface area contributed by atoms with Crippen molar-refractivity contribution in [3.63, 3.8) is 0 Å². The number of para-hydroxylation sites is 1. The van der Waals surface area contributed by atoms with Crippen LogP contribution in [0.2, 0.25) is 0 Å². The van der Waals surface area contributed by atoms with Gasteiger partial charge in [-0.05, 0) is 43.7 Å². The van der Waals surface area contributed by atoms with E-state index in [-0.39, 0.29) is 23.2 Å². The number of hydrogen-bond donors (Lipinski definition) is 1. The molecule has 2 atom stereocenters. The van der Waals surface area contributed by atoms with Gasteiger partial charge in [-0.25, -0.2) is 4.68 Å². The Labute approximate surface area is 166 Å². The molecule has 0 fully saturated rings. The first kappa shape index (κ1) is 17.2. The van der Waals surface area contributed by atoms with Crippen molar-refractivity contribution in [1.29, 1.82) is 0 Å². The Balaban J connectivity index is 1.68. The first-order chi connectivity index (χ1) is 13.6. The fraction of sp³-hybridized carbons (Fsp3) is 0.238. The molecule has 0 aliphatic carbocycles. The van der Waals surface area contributed by atoms with Gasteiger partial charge in [-0.15, -0.1) is 11.8 Å². The molecule has 2 aliphatic rings. The van der Waals surface area contributed by atoms with E-state index in [1.54, 1.807) is 11.8 Å². The summed E-state index contributed by atoms with van der Waals surface area (Å²) < 4.78 is 12.8. The summed E-state index contributed by atoms with van der Waals surface area (Å²) in [5.74, 6) is 2.20. The molecule has 1 amide bonds. The van der Waals surface area contributed by atoms with E-state index in [2.05, 4.69) is 5.32 Å². The summed E-state index contributed by atoms with van der Waals surface area (Å²) in [5.41, 5.74) is 3.89. The Hall–Kier alpha value is -2.93. The van der Waals surface area contributed by atoms with Gasteiger partial charge >= 0.3 is 0 Å². The van der Waals surface area contributed by atoms with Gasteiger partial charge < -0.3 is 14.8 Å². The molecule has 6 nitrogen and oxygen atoms in total. The van der Waals surface area contributed by atoms with Crippen molar-refractivity contribution < 1.29 is 14.3 Å². The van der Waals surface area contributed by atoms with Crippen LogP contribution in [-0.2, 0) is 4.79 Å². The van der Waals surface area contributed by atoms with E-state index < -0.39 is 0 Å². The highest BCUT2D eigenvalue weighted by Gasteiger charge is 2.34. The lowest BCUT2D eigenvalue weighted by atomic mass is 10.0. The Morgan fingerprint density at radius 3 is 2.75 bits per heavy atom. The number of aryl methyl sites for hydroxylation is 1. The average Bonchev–Trinajstić information content (AvgIpc) is 3.27. The molecule has 7 heteroatoms. The molecule has 0 radical (unpaired) electrons. The number of thioether (sulfide) groups is 1. The van der Waals surface area contributed by atoms with Crippen LogP contribution < -0.4 is 14.8 Å². The second-order valence-electron chi connectivity index (χ2n) is 6.86. The predicted molar refractivity (Wildman–Crippen MR) is 108 cm³/mol. The zero-order valence-corrected chi connectivity index (χ0v) is 16.3. The molecule has 2 aliphatic heterocycles. The molecule has 0 spiro atoms. The molecule has 2 aromatic carbocycles. The van der Waals surface area contributed by atoms with Crippen LogP contribution in [0.15, 0.2) is 48.5 Å². The SMILES string of the molecule is Cc1nn(-c2ccccc2)c2c1[C@@H](c1ccc3c(c1)OCO3)S[C@H](C)C(=O)N2. The summed E-state index contributed by atoms with van der Waals surface area (Å²) in [7, 11) is 0. The summed E-state index contributed by atoms with van der Waals surface area (Å²) in [6, 6.07) is 15.8. The number of nitrogens with zero attached hydrogens (tertiary/aromatic N) is 2. The summed E-state index contributed by atoms with van der Waals surface area (Å²) in [6.45, 7) is 4.16. The molecular formula is C21H19N3O3S. The molecule has 3 aromatic rings. The van der Waals surface area contributed by atoms with Gasteiger partial charge in [0.25, 0.3) is 0 Å². The van der Waals surface area contributed by atoms with Crippen molar-refractivity contribution in [3.05, 3.63) is 65.4 Å². The van der Waals surface area contributed by atoms with E-state index in [0.29, 0.717) is 0 Å². The van der Waals surface area contributed by atoms with E-state index in [4.69, 9.17) is 14.6 Å². The van der Waals surface area contributed by atoms with Crippen LogP contribution in [0.3, 0.4) is 0 Å². The Bertz CT molecular complexity index is 1060. The third-order valence-electron chi connectivity index (χ3n) is 5.02. The van der Waals surface area contributed by atoms with Crippen LogP contribution in [0, 0.1) is 6.92 Å². The van der Waals surface area contributed by atoms with Crippen LogP contribution in [0.25, 0.3) is 5.69 Å². The second-order valence-corrected chi connectivity index (χ2v) is 8.31. The number of ether oxygens (including phenoxy) is 2. The molecular weight excluding hydrogens is 374 g/mol. The van der Waals surface area contributed by atoms with Crippen LogP contribution >= 0.6 is 11.8 Å². The zero-order chi connectivity index (χ0) is 19.3. The van der Waals surface area contributed by atoms with Gasteiger partial charge in [-0.2, -0.15) is 5.10 Å². The van der Waals surface area contributed by atoms with Gasteiger partial charge in [0.05, 0.1) is 21.9 Å². The number of aromatic nitrogens is 2. The molecule has 3 heterocycles. The summed E-state index contributed by atoms with van der Waals surface area (Å²) in [6.07, 6.45) is 0. The van der Waals surface area contributed by atoms with E-state index in [0.717, 1.165) is 39.8 Å². The van der Waals surface area contributed by atoms with E-state index in [1.165, 1.54) is 0 Å². The highest BCUT2D eigenvalue weighted by atomic mass is 32.2. The van der Waals surface area contributed by atoms with Crippen LogP contribution in [0.1, 0.15) is 29.0 Å².